The average molecular weight is 433 g/mol. The zero-order valence-electron chi connectivity index (χ0n) is 18.9. The third kappa shape index (κ3) is 7.09. The fourth-order valence-corrected chi connectivity index (χ4v) is 3.74. The number of aromatic nitrogens is 1. The topological polar surface area (TPSA) is 51.7 Å². The molecule has 5 nitrogen and oxygen atoms in total. The van der Waals surface area contributed by atoms with Crippen LogP contribution in [0.2, 0.25) is 0 Å². The Hall–Kier alpha value is -2.86. The van der Waals surface area contributed by atoms with Gasteiger partial charge in [-0.2, -0.15) is 0 Å². The summed E-state index contributed by atoms with van der Waals surface area (Å²) in [6.45, 7) is 5.35. The predicted molar refractivity (Wildman–Crippen MR) is 127 cm³/mol. The summed E-state index contributed by atoms with van der Waals surface area (Å²) in [4.78, 5) is 17.7. The van der Waals surface area contributed by atoms with Gasteiger partial charge < -0.3 is 9.47 Å². The molecular weight excluding hydrogens is 400 g/mol. The second kappa shape index (κ2) is 12.9. The number of rotatable bonds is 8. The van der Waals surface area contributed by atoms with Crippen molar-refractivity contribution < 1.29 is 14.3 Å². The van der Waals surface area contributed by atoms with Gasteiger partial charge in [0.15, 0.2) is 0 Å². The van der Waals surface area contributed by atoms with Crippen LogP contribution in [0.15, 0.2) is 79.0 Å². The third-order valence-electron chi connectivity index (χ3n) is 5.41. The molecule has 1 aromatic heterocycles. The minimum Gasteiger partial charge on any atom is -0.385 e. The first kappa shape index (κ1) is 23.8. The number of methoxy groups -OCH3 is 1. The predicted octanol–water partition coefficient (Wildman–Crippen LogP) is 4.93. The van der Waals surface area contributed by atoms with Gasteiger partial charge in [-0.15, -0.1) is 0 Å². The first-order valence-corrected chi connectivity index (χ1v) is 11.1. The van der Waals surface area contributed by atoms with Crippen LogP contribution in [0.1, 0.15) is 46.6 Å². The lowest BCUT2D eigenvalue weighted by atomic mass is 10.0. The molecule has 4 rings (SSSR count). The van der Waals surface area contributed by atoms with Crippen LogP contribution >= 0.6 is 0 Å². The minimum absolute atomic E-state index is 0.0659. The Labute approximate surface area is 191 Å². The molecule has 2 aromatic carbocycles. The van der Waals surface area contributed by atoms with E-state index in [4.69, 9.17) is 4.74 Å². The standard InChI is InChI=1S/C24H24N2O2.C3H8O/c27-18-19-11-13-25-22(15-19)16-26-14-12-23(17-26)28-24(20-7-3-1-4-8-20)21-9-5-2-6-10-21;1-3-4-2/h1-11,13,15,18,23-24H,12,14,16-17H2;3H2,1-2H3/t23-;/m0./s1. The van der Waals surface area contributed by atoms with Gasteiger partial charge in [-0.25, -0.2) is 0 Å². The van der Waals surface area contributed by atoms with Crippen molar-refractivity contribution in [2.24, 2.45) is 0 Å². The monoisotopic (exact) mass is 432 g/mol. The number of nitrogens with zero attached hydrogens (tertiary/aromatic N) is 2. The summed E-state index contributed by atoms with van der Waals surface area (Å²) in [5, 5.41) is 0. The Morgan fingerprint density at radius 3 is 2.25 bits per heavy atom. The number of carbonyl (C=O) groups is 1. The molecule has 0 aliphatic carbocycles. The van der Waals surface area contributed by atoms with Crippen LogP contribution in [0.3, 0.4) is 0 Å². The second-order valence-electron chi connectivity index (χ2n) is 7.76. The Bertz CT molecular complexity index is 892. The number of aldehydes is 1. The largest absolute Gasteiger partial charge is 0.385 e. The maximum atomic E-state index is 11.0. The summed E-state index contributed by atoms with van der Waals surface area (Å²) in [5.74, 6) is 0. The van der Waals surface area contributed by atoms with Gasteiger partial charge in [-0.05, 0) is 36.6 Å². The molecule has 1 fully saturated rings. The molecular formula is C27H32N2O3. The molecule has 5 heteroatoms. The van der Waals surface area contributed by atoms with E-state index in [1.807, 2.05) is 25.1 Å². The highest BCUT2D eigenvalue weighted by Crippen LogP contribution is 2.29. The molecule has 3 aromatic rings. The molecule has 32 heavy (non-hydrogen) atoms. The summed E-state index contributed by atoms with van der Waals surface area (Å²) < 4.78 is 11.1. The SMILES string of the molecule is CCOC.O=Cc1ccnc(CN2CC[C@H](OC(c3ccccc3)c3ccccc3)C2)c1. The molecule has 1 aliphatic rings. The van der Waals surface area contributed by atoms with Crippen LogP contribution in [-0.4, -0.2) is 49.1 Å². The van der Waals surface area contributed by atoms with Crippen molar-refractivity contribution in [1.82, 2.24) is 9.88 Å². The highest BCUT2D eigenvalue weighted by atomic mass is 16.5. The zero-order valence-corrected chi connectivity index (χ0v) is 18.9. The molecule has 0 bridgehead atoms. The van der Waals surface area contributed by atoms with Crippen LogP contribution in [0.4, 0.5) is 0 Å². The average Bonchev–Trinajstić information content (AvgIpc) is 3.30. The number of ether oxygens (including phenoxy) is 2. The Kier molecular flexibility index (Phi) is 9.57. The van der Waals surface area contributed by atoms with Crippen molar-refractivity contribution >= 4 is 6.29 Å². The van der Waals surface area contributed by atoms with Crippen LogP contribution in [-0.2, 0) is 16.0 Å². The van der Waals surface area contributed by atoms with Gasteiger partial charge in [0, 0.05) is 45.1 Å². The summed E-state index contributed by atoms with van der Waals surface area (Å²) in [7, 11) is 1.68. The Balaban J connectivity index is 0.000000668. The number of pyridine rings is 1. The van der Waals surface area contributed by atoms with Crippen LogP contribution in [0.5, 0.6) is 0 Å². The molecule has 0 radical (unpaired) electrons. The van der Waals surface area contributed by atoms with Gasteiger partial charge >= 0.3 is 0 Å². The molecule has 168 valence electrons. The van der Waals surface area contributed by atoms with Crippen molar-refractivity contribution in [3.05, 3.63) is 101 Å². The first-order valence-electron chi connectivity index (χ1n) is 11.1. The Morgan fingerprint density at radius 2 is 1.69 bits per heavy atom. The molecule has 0 saturated carbocycles. The quantitative estimate of drug-likeness (QED) is 0.473. The number of benzene rings is 2. The molecule has 2 heterocycles. The molecule has 0 N–H and O–H groups in total. The fourth-order valence-electron chi connectivity index (χ4n) is 3.74. The van der Waals surface area contributed by atoms with E-state index >= 15 is 0 Å². The smallest absolute Gasteiger partial charge is 0.150 e. The fraction of sp³-hybridized carbons (Fsp3) is 0.333. The van der Waals surface area contributed by atoms with Crippen LogP contribution < -0.4 is 0 Å². The van der Waals surface area contributed by atoms with Gasteiger partial charge in [-0.1, -0.05) is 60.7 Å². The van der Waals surface area contributed by atoms with Crippen molar-refractivity contribution in [3.8, 4) is 0 Å². The number of carbonyl (C=O) groups excluding carboxylic acids is 1. The molecule has 0 spiro atoms. The minimum atomic E-state index is -0.0659. The van der Waals surface area contributed by atoms with Crippen LogP contribution in [0.25, 0.3) is 0 Å². The van der Waals surface area contributed by atoms with E-state index in [2.05, 4.69) is 63.2 Å². The van der Waals surface area contributed by atoms with Gasteiger partial charge in [0.05, 0.1) is 11.8 Å². The summed E-state index contributed by atoms with van der Waals surface area (Å²) in [6.07, 6.45) is 3.65. The lowest BCUT2D eigenvalue weighted by Gasteiger charge is -2.23. The maximum absolute atomic E-state index is 11.0. The Morgan fingerprint density at radius 1 is 1.06 bits per heavy atom. The lowest BCUT2D eigenvalue weighted by molar-refractivity contribution is 0.0138. The second-order valence-corrected chi connectivity index (χ2v) is 7.76. The summed E-state index contributed by atoms with van der Waals surface area (Å²) in [5.41, 5.74) is 3.94. The van der Waals surface area contributed by atoms with Crippen molar-refractivity contribution in [3.63, 3.8) is 0 Å². The number of hydrogen-bond acceptors (Lipinski definition) is 5. The maximum Gasteiger partial charge on any atom is 0.150 e. The van der Waals surface area contributed by atoms with E-state index in [1.54, 1.807) is 19.4 Å². The molecule has 0 unspecified atom stereocenters. The number of likely N-dealkylation sites (tertiary alicyclic amines) is 1. The van der Waals surface area contributed by atoms with Crippen molar-refractivity contribution in [2.45, 2.75) is 32.1 Å². The number of hydrogen-bond donors (Lipinski definition) is 0. The van der Waals surface area contributed by atoms with Gasteiger partial charge in [0.2, 0.25) is 0 Å². The molecule has 1 aliphatic heterocycles. The van der Waals surface area contributed by atoms with Crippen molar-refractivity contribution in [2.75, 3.05) is 26.8 Å². The highest BCUT2D eigenvalue weighted by molar-refractivity contribution is 5.74. The lowest BCUT2D eigenvalue weighted by Crippen LogP contribution is -2.25. The van der Waals surface area contributed by atoms with E-state index in [-0.39, 0.29) is 12.2 Å². The van der Waals surface area contributed by atoms with Gasteiger partial charge in [0.1, 0.15) is 12.4 Å². The van der Waals surface area contributed by atoms with E-state index in [1.165, 1.54) is 11.1 Å². The third-order valence-corrected chi connectivity index (χ3v) is 5.41. The van der Waals surface area contributed by atoms with E-state index in [0.29, 0.717) is 5.56 Å². The summed E-state index contributed by atoms with van der Waals surface area (Å²) in [6, 6.07) is 24.4. The van der Waals surface area contributed by atoms with E-state index in [0.717, 1.165) is 44.6 Å². The first-order chi connectivity index (χ1) is 15.7. The molecule has 1 atom stereocenters. The van der Waals surface area contributed by atoms with E-state index < -0.39 is 0 Å². The van der Waals surface area contributed by atoms with Gasteiger partial charge in [0.25, 0.3) is 0 Å². The zero-order chi connectivity index (χ0) is 22.6. The summed E-state index contributed by atoms with van der Waals surface area (Å²) >= 11 is 0. The molecule has 0 amide bonds. The van der Waals surface area contributed by atoms with E-state index in [9.17, 15) is 4.79 Å². The van der Waals surface area contributed by atoms with Crippen molar-refractivity contribution in [1.29, 1.82) is 0 Å². The highest BCUT2D eigenvalue weighted by Gasteiger charge is 2.27. The van der Waals surface area contributed by atoms with Gasteiger partial charge in [-0.3, -0.25) is 14.7 Å². The van der Waals surface area contributed by atoms with Crippen LogP contribution in [0, 0.1) is 0 Å². The normalized spacial score (nSPS) is 15.9. The molecule has 1 saturated heterocycles.